The molecule has 0 spiro atoms. The first-order valence-electron chi connectivity index (χ1n) is 11.7. The van der Waals surface area contributed by atoms with Gasteiger partial charge in [0, 0.05) is 19.3 Å². The third kappa shape index (κ3) is 9.53. The SMILES string of the molecule is [CH2-]N(CCN([CH-]C)C(=O)OC(C)(C)C)C[C@@H](Oc1cc(C)c(C(=O)OC)cc1I)c1ccc(C)cn1.[Lr]. The number of esters is 1. The molecule has 1 heterocycles. The Morgan fingerprint density at radius 3 is 2.41 bits per heavy atom. The van der Waals surface area contributed by atoms with E-state index >= 15 is 0 Å². The van der Waals surface area contributed by atoms with Crippen LogP contribution in [0.3, 0.4) is 0 Å². The van der Waals surface area contributed by atoms with Crippen molar-refractivity contribution < 1.29 is 23.8 Å². The minimum Gasteiger partial charge on any atom is -0.482 e. The number of aryl methyl sites for hydroxylation is 2. The predicted molar refractivity (Wildman–Crippen MR) is 147 cm³/mol. The molecule has 0 bridgehead atoms. The monoisotopic (exact) mass is 871 g/mol. The van der Waals surface area contributed by atoms with Gasteiger partial charge in [0.25, 0.3) is 0 Å². The van der Waals surface area contributed by atoms with Gasteiger partial charge in [-0.05, 0) is 93.1 Å². The number of carbonyl (C=O) groups is 2. The van der Waals surface area contributed by atoms with Crippen LogP contribution >= 0.6 is 22.6 Å². The summed E-state index contributed by atoms with van der Waals surface area (Å²) in [5, 5.41) is 0. The largest absolute Gasteiger partial charge is 0.482 e. The molecule has 10 heteroatoms. The number of amides is 1. The summed E-state index contributed by atoms with van der Waals surface area (Å²) in [7, 11) is 5.52. The third-order valence-corrected chi connectivity index (χ3v) is 6.08. The van der Waals surface area contributed by atoms with Crippen molar-refractivity contribution in [2.24, 2.45) is 0 Å². The molecule has 0 aliphatic heterocycles. The molecule has 1 atom stereocenters. The van der Waals surface area contributed by atoms with E-state index in [4.69, 9.17) is 14.2 Å². The first-order chi connectivity index (χ1) is 16.8. The molecule has 2 rings (SSSR count). The molecule has 1 radical (unpaired) electrons. The summed E-state index contributed by atoms with van der Waals surface area (Å²) in [6.45, 7) is 14.2. The molecule has 0 saturated heterocycles. The number of carbonyl (C=O) groups excluding carboxylic acids is 2. The van der Waals surface area contributed by atoms with E-state index in [9.17, 15) is 9.59 Å². The quantitative estimate of drug-likeness (QED) is 0.172. The fraction of sp³-hybridized carbons (Fsp3) is 0.444. The van der Waals surface area contributed by atoms with Gasteiger partial charge in [-0.2, -0.15) is 6.92 Å². The van der Waals surface area contributed by atoms with Crippen LogP contribution in [0, 0.1) is 31.0 Å². The van der Waals surface area contributed by atoms with Crippen molar-refractivity contribution in [1.29, 1.82) is 0 Å². The number of nitrogens with zero attached hydrogens (tertiary/aromatic N) is 3. The van der Waals surface area contributed by atoms with Crippen LogP contribution in [0.5, 0.6) is 5.75 Å². The molecule has 1 amide bonds. The maximum Gasteiger partial charge on any atom is 0.380 e. The Morgan fingerprint density at radius 2 is 1.86 bits per heavy atom. The van der Waals surface area contributed by atoms with Crippen molar-refractivity contribution in [3.63, 3.8) is 0 Å². The van der Waals surface area contributed by atoms with Gasteiger partial charge >= 0.3 is 12.1 Å². The van der Waals surface area contributed by atoms with E-state index in [0.717, 1.165) is 20.4 Å². The number of benzene rings is 1. The second kappa shape index (κ2) is 13.8. The van der Waals surface area contributed by atoms with E-state index in [0.29, 0.717) is 30.9 Å². The van der Waals surface area contributed by atoms with Crippen molar-refractivity contribution >= 4 is 34.7 Å². The van der Waals surface area contributed by atoms with E-state index in [1.807, 2.05) is 57.7 Å². The zero-order valence-corrected chi connectivity index (χ0v) is 26.7. The van der Waals surface area contributed by atoms with Crippen molar-refractivity contribution in [1.82, 2.24) is 14.8 Å². The zero-order chi connectivity index (χ0) is 27.0. The Kier molecular flexibility index (Phi) is 11.8. The van der Waals surface area contributed by atoms with Gasteiger partial charge in [-0.3, -0.25) is 12.0 Å². The first kappa shape index (κ1) is 31.6. The molecule has 1 aromatic carbocycles. The van der Waals surface area contributed by atoms with Gasteiger partial charge in [-0.25, -0.2) is 16.1 Å². The molecule has 0 saturated carbocycles. The number of hydrogen-bond donors (Lipinski definition) is 0. The summed E-state index contributed by atoms with van der Waals surface area (Å²) < 4.78 is 17.5. The van der Waals surface area contributed by atoms with Crippen molar-refractivity contribution in [2.45, 2.75) is 53.2 Å². The minimum atomic E-state index is -0.572. The normalized spacial score (nSPS) is 11.9. The van der Waals surface area contributed by atoms with E-state index in [1.165, 1.54) is 12.0 Å². The van der Waals surface area contributed by atoms with Gasteiger partial charge < -0.3 is 24.0 Å². The molecule has 8 nitrogen and oxygen atoms in total. The summed E-state index contributed by atoms with van der Waals surface area (Å²) in [6.07, 6.45) is 0.967. The number of aromatic nitrogens is 1. The van der Waals surface area contributed by atoms with Crippen LogP contribution in [0.4, 0.5) is 4.79 Å². The zero-order valence-electron chi connectivity index (χ0n) is 22.4. The van der Waals surface area contributed by atoms with E-state index in [1.54, 1.807) is 25.7 Å². The molecule has 1 aromatic heterocycles. The molecule has 213 valence electrons. The second-order valence-corrected chi connectivity index (χ2v) is 10.6. The summed E-state index contributed by atoms with van der Waals surface area (Å²) >= 11 is 2.15. The molecule has 37 heavy (non-hydrogen) atoms. The molecule has 0 aliphatic rings. The van der Waals surface area contributed by atoms with Crippen LogP contribution in [0.15, 0.2) is 30.5 Å². The van der Waals surface area contributed by atoms with Gasteiger partial charge in [0.1, 0.15) is 11.4 Å². The van der Waals surface area contributed by atoms with Crippen molar-refractivity contribution in [2.75, 3.05) is 26.7 Å². The van der Waals surface area contributed by atoms with E-state index in [-0.39, 0.29) is 5.97 Å². The maximum absolute atomic E-state index is 12.5. The topological polar surface area (TPSA) is 81.2 Å². The summed E-state index contributed by atoms with van der Waals surface area (Å²) in [6, 6.07) is 7.51. The fourth-order valence-corrected chi connectivity index (χ4v) is 3.90. The van der Waals surface area contributed by atoms with Crippen LogP contribution in [0.1, 0.15) is 61.0 Å². The van der Waals surface area contributed by atoms with Crippen LogP contribution in [-0.2, 0) is 9.47 Å². The molecular formula is C27H36ILrN3O5-2. The Bertz CT molecular complexity index is 1040. The number of hydrogen-bond acceptors (Lipinski definition) is 7. The van der Waals surface area contributed by atoms with Gasteiger partial charge in [0.15, 0.2) is 6.10 Å². The molecule has 0 N–H and O–H groups in total. The third-order valence-electron chi connectivity index (χ3n) is 5.24. The van der Waals surface area contributed by atoms with Gasteiger partial charge in [-0.15, -0.1) is 0 Å². The summed E-state index contributed by atoms with van der Waals surface area (Å²) in [5.74, 6) is 0.249. The number of ether oxygens (including phenoxy) is 3. The minimum absolute atomic E-state index is 0. The second-order valence-electron chi connectivity index (χ2n) is 9.46. The smallest absolute Gasteiger partial charge is 0.380 e. The molecule has 0 aliphatic carbocycles. The fourth-order valence-electron chi connectivity index (χ4n) is 3.31. The van der Waals surface area contributed by atoms with Crippen LogP contribution in [0.2, 0.25) is 0 Å². The van der Waals surface area contributed by atoms with Crippen LogP contribution in [-0.4, -0.2) is 59.2 Å². The van der Waals surface area contributed by atoms with Crippen LogP contribution < -0.4 is 4.74 Å². The molecule has 0 unspecified atom stereocenters. The Morgan fingerprint density at radius 1 is 1.19 bits per heavy atom. The van der Waals surface area contributed by atoms with E-state index < -0.39 is 17.8 Å². The van der Waals surface area contributed by atoms with E-state index in [2.05, 4.69) is 34.6 Å². The van der Waals surface area contributed by atoms with Gasteiger partial charge in [-0.1, -0.05) is 6.07 Å². The Labute approximate surface area is 228 Å². The standard InChI is InChI=1S/C27H36IN3O5.Lr/c1-9-31(26(33)36-27(4,5)6)13-12-30(7)17-24(22-11-10-18(2)16-29-22)35-23-14-19(3)20(15-21(23)28)25(32)34-8;/h9-11,14-16,24H,7,12-13,17H2,1-6,8H3;/q-2;/t24-;/m1./s1. The van der Waals surface area contributed by atoms with Gasteiger partial charge in [0.05, 0.1) is 21.9 Å². The predicted octanol–water partition coefficient (Wildman–Crippen LogP) is 5.72. The van der Waals surface area contributed by atoms with Crippen molar-refractivity contribution in [3.05, 3.63) is 70.0 Å². The summed E-state index contributed by atoms with van der Waals surface area (Å²) in [5.41, 5.74) is 2.48. The number of halogens is 1. The number of rotatable bonds is 10. The first-order valence-corrected chi connectivity index (χ1v) is 12.7. The summed E-state index contributed by atoms with van der Waals surface area (Å²) in [4.78, 5) is 32.5. The Hall–Kier alpha value is -3.40. The number of pyridine rings is 1. The maximum atomic E-state index is 12.5. The molecular weight excluding hydrogens is 835 g/mol. The van der Waals surface area contributed by atoms with Crippen LogP contribution in [0.25, 0.3) is 0 Å². The number of methoxy groups -OCH3 is 1. The average molecular weight is 872 g/mol. The van der Waals surface area contributed by atoms with Crippen molar-refractivity contribution in [3.8, 4) is 5.75 Å². The molecule has 0 fully saturated rings. The van der Waals surface area contributed by atoms with Gasteiger partial charge in [0.2, 0.25) is 0 Å². The molecule has 2 aromatic rings. The average Bonchev–Trinajstić information content (AvgIpc) is 2.80. The Balaban J connectivity index is 0.00000684.